The molecule has 3 aliphatic heterocycles. The van der Waals surface area contributed by atoms with Crippen LogP contribution in [0, 0.1) is 0 Å². The van der Waals surface area contributed by atoms with Gasteiger partial charge in [0, 0.05) is 31.7 Å². The molecular weight excluding hydrogens is 475 g/mol. The Hall–Kier alpha value is -3.32. The fraction of sp³-hybridized carbons (Fsp3) is 0.565. The molecule has 1 aromatic rings. The number of nitrogens with one attached hydrogen (secondary N) is 2. The lowest BCUT2D eigenvalue weighted by atomic mass is 9.72. The number of fused-ring (bicyclic) bond motifs is 1. The Morgan fingerprint density at radius 3 is 2.75 bits per heavy atom. The smallest absolute Gasteiger partial charge is 0.534 e. The zero-order chi connectivity index (χ0) is 25.5. The highest BCUT2D eigenvalue weighted by Crippen LogP contribution is 2.30. The molecule has 3 N–H and O–H groups in total. The lowest BCUT2D eigenvalue weighted by Gasteiger charge is -2.30. The molecule has 2 fully saturated rings. The van der Waals surface area contributed by atoms with Crippen LogP contribution in [0.3, 0.4) is 0 Å². The predicted molar refractivity (Wildman–Crippen MR) is 123 cm³/mol. The summed E-state index contributed by atoms with van der Waals surface area (Å²) in [5.74, 6) is -1.81. The number of carbonyl (C=O) groups is 4. The van der Waals surface area contributed by atoms with Crippen LogP contribution < -0.4 is 15.3 Å². The first-order valence-electron chi connectivity index (χ1n) is 12.0. The number of carbonyl (C=O) groups excluding carboxylic acids is 4. The Morgan fingerprint density at radius 2 is 1.97 bits per heavy atom. The molecule has 0 bridgehead atoms. The second kappa shape index (κ2) is 12.1. The van der Waals surface area contributed by atoms with Gasteiger partial charge in [0.05, 0.1) is 19.2 Å². The van der Waals surface area contributed by atoms with Crippen LogP contribution in [0.5, 0.6) is 5.75 Å². The fourth-order valence-electron chi connectivity index (χ4n) is 4.40. The summed E-state index contributed by atoms with van der Waals surface area (Å²) in [5.41, 5.74) is 0.633. The van der Waals surface area contributed by atoms with Crippen LogP contribution in [0.2, 0.25) is 0 Å². The van der Waals surface area contributed by atoms with Crippen molar-refractivity contribution in [1.82, 2.24) is 10.6 Å². The van der Waals surface area contributed by atoms with Crippen molar-refractivity contribution in [3.05, 3.63) is 29.3 Å². The van der Waals surface area contributed by atoms with Crippen LogP contribution in [0.15, 0.2) is 18.2 Å². The first kappa shape index (κ1) is 25.8. The highest BCUT2D eigenvalue weighted by Gasteiger charge is 2.38. The number of amides is 2. The van der Waals surface area contributed by atoms with Crippen molar-refractivity contribution >= 4 is 31.1 Å². The number of hydrogen-bond donors (Lipinski definition) is 3. The second-order valence-corrected chi connectivity index (χ2v) is 8.91. The van der Waals surface area contributed by atoms with Crippen molar-refractivity contribution in [1.29, 1.82) is 0 Å². The minimum atomic E-state index is -1.40. The normalized spacial score (nSPS) is 21.9. The predicted octanol–water partition coefficient (Wildman–Crippen LogP) is 0.631. The fourth-order valence-corrected chi connectivity index (χ4v) is 4.40. The van der Waals surface area contributed by atoms with Crippen LogP contribution in [0.25, 0.3) is 0 Å². The third-order valence-electron chi connectivity index (χ3n) is 6.24. The molecule has 0 saturated carbocycles. The molecule has 12 nitrogen and oxygen atoms in total. The van der Waals surface area contributed by atoms with E-state index in [1.54, 1.807) is 12.1 Å². The second-order valence-electron chi connectivity index (χ2n) is 8.91. The van der Waals surface area contributed by atoms with Crippen molar-refractivity contribution in [3.8, 4) is 5.75 Å². The molecule has 3 heterocycles. The summed E-state index contributed by atoms with van der Waals surface area (Å²) in [4.78, 5) is 48.3. The Labute approximate surface area is 208 Å². The van der Waals surface area contributed by atoms with E-state index < -0.39 is 32.0 Å². The summed E-state index contributed by atoms with van der Waals surface area (Å²) < 4.78 is 25.7. The van der Waals surface area contributed by atoms with E-state index in [-0.39, 0.29) is 48.1 Å². The number of ether oxygens (including phenoxy) is 4. The largest absolute Gasteiger partial charge is 0.547 e. The van der Waals surface area contributed by atoms with Crippen LogP contribution in [-0.2, 0) is 35.0 Å². The van der Waals surface area contributed by atoms with Crippen molar-refractivity contribution in [2.24, 2.45) is 0 Å². The lowest BCUT2D eigenvalue weighted by Crippen LogP contribution is -2.54. The Morgan fingerprint density at radius 1 is 1.17 bits per heavy atom. The summed E-state index contributed by atoms with van der Waals surface area (Å²) in [6, 6.07) is 4.55. The number of para-hydroxylation sites is 1. The number of hydrogen-bond acceptors (Lipinski definition) is 10. The van der Waals surface area contributed by atoms with Crippen LogP contribution in [0.1, 0.15) is 54.4 Å². The maximum Gasteiger partial charge on any atom is 0.547 e. The van der Waals surface area contributed by atoms with Crippen molar-refractivity contribution in [3.63, 3.8) is 0 Å². The Bertz CT molecular complexity index is 984. The highest BCUT2D eigenvalue weighted by molar-refractivity contribution is 6.47. The van der Waals surface area contributed by atoms with E-state index >= 15 is 0 Å². The Balaban J connectivity index is 1.27. The van der Waals surface area contributed by atoms with Crippen molar-refractivity contribution < 1.29 is 47.8 Å². The van der Waals surface area contributed by atoms with Gasteiger partial charge in [0.15, 0.2) is 0 Å². The van der Waals surface area contributed by atoms with Gasteiger partial charge in [-0.1, -0.05) is 12.1 Å². The molecule has 0 radical (unpaired) electrons. The summed E-state index contributed by atoms with van der Waals surface area (Å²) >= 11 is 0. The van der Waals surface area contributed by atoms with E-state index in [1.165, 1.54) is 6.07 Å². The quantitative estimate of drug-likeness (QED) is 0.273. The summed E-state index contributed by atoms with van der Waals surface area (Å²) in [6.07, 6.45) is 2.13. The molecule has 1 aromatic carbocycles. The van der Waals surface area contributed by atoms with Gasteiger partial charge in [0.1, 0.15) is 17.4 Å². The van der Waals surface area contributed by atoms with Gasteiger partial charge < -0.3 is 39.3 Å². The number of rotatable bonds is 7. The number of benzene rings is 1. The van der Waals surface area contributed by atoms with E-state index in [0.29, 0.717) is 44.5 Å². The van der Waals surface area contributed by atoms with E-state index in [9.17, 15) is 24.2 Å². The average molecular weight is 504 g/mol. The van der Waals surface area contributed by atoms with Gasteiger partial charge in [0.2, 0.25) is 18.6 Å². The van der Waals surface area contributed by atoms with Crippen molar-refractivity contribution in [2.45, 2.75) is 63.0 Å². The number of esters is 1. The minimum absolute atomic E-state index is 0.0441. The first-order chi connectivity index (χ1) is 17.4. The zero-order valence-electron chi connectivity index (χ0n) is 19.7. The van der Waals surface area contributed by atoms with Gasteiger partial charge in [-0.05, 0) is 30.9 Å². The number of piperidine rings is 1. The standard InChI is InChI=1S/C23H29BN2O10/c27-19-6-2-4-15(25-19)12-20(28)26-18-11-14-3-1-5-17(21(14)36-24(18)31)22(29)33-13-34-23(30)35-16-7-9-32-10-8-16/h1,3,5,15-16,18,31H,2,4,6-13H2,(H,25,27)(H,26,28)/t15?,18-/m0/s1. The molecule has 0 aromatic heterocycles. The summed E-state index contributed by atoms with van der Waals surface area (Å²) in [6.45, 7) is 0.353. The van der Waals surface area contributed by atoms with E-state index in [1.807, 2.05) is 0 Å². The molecule has 36 heavy (non-hydrogen) atoms. The molecule has 13 heteroatoms. The van der Waals surface area contributed by atoms with Crippen LogP contribution >= 0.6 is 0 Å². The van der Waals surface area contributed by atoms with Crippen LogP contribution in [-0.4, -0.2) is 74.2 Å². The van der Waals surface area contributed by atoms with Gasteiger partial charge in [-0.3, -0.25) is 9.59 Å². The molecule has 0 spiro atoms. The molecular formula is C23H29BN2O10. The molecule has 2 atom stereocenters. The maximum absolute atomic E-state index is 12.6. The SMILES string of the molecule is O=C1CCCC(CC(=O)N[C@H]2Cc3cccc(C(=O)OCOC(=O)OC4CCOCC4)c3OB2O)N1. The molecule has 194 valence electrons. The van der Waals surface area contributed by atoms with Gasteiger partial charge in [-0.2, -0.15) is 0 Å². The average Bonchev–Trinajstić information content (AvgIpc) is 2.84. The third-order valence-corrected chi connectivity index (χ3v) is 6.24. The summed E-state index contributed by atoms with van der Waals surface area (Å²) in [7, 11) is -1.40. The lowest BCUT2D eigenvalue weighted by molar-refractivity contribution is -0.125. The van der Waals surface area contributed by atoms with Crippen molar-refractivity contribution in [2.75, 3.05) is 20.0 Å². The first-order valence-corrected chi connectivity index (χ1v) is 12.0. The molecule has 4 rings (SSSR count). The highest BCUT2D eigenvalue weighted by atomic mass is 16.8. The van der Waals surface area contributed by atoms with E-state index in [0.717, 1.165) is 6.42 Å². The van der Waals surface area contributed by atoms with Crippen LogP contribution in [0.4, 0.5) is 4.79 Å². The van der Waals surface area contributed by atoms with Gasteiger partial charge in [0.25, 0.3) is 0 Å². The molecule has 1 unspecified atom stereocenters. The van der Waals surface area contributed by atoms with E-state index in [2.05, 4.69) is 10.6 Å². The zero-order valence-corrected chi connectivity index (χ0v) is 19.7. The van der Waals surface area contributed by atoms with E-state index in [4.69, 9.17) is 23.6 Å². The van der Waals surface area contributed by atoms with Gasteiger partial charge in [-0.15, -0.1) is 0 Å². The summed E-state index contributed by atoms with van der Waals surface area (Å²) in [5, 5.41) is 16.0. The molecule has 2 amide bonds. The molecule has 2 saturated heterocycles. The maximum atomic E-state index is 12.6. The van der Waals surface area contributed by atoms with Gasteiger partial charge in [-0.25, -0.2) is 9.59 Å². The Kier molecular flexibility index (Phi) is 8.65. The minimum Gasteiger partial charge on any atom is -0.534 e. The van der Waals surface area contributed by atoms with Gasteiger partial charge >= 0.3 is 19.2 Å². The monoisotopic (exact) mass is 504 g/mol. The molecule has 3 aliphatic rings. The molecule has 0 aliphatic carbocycles. The third kappa shape index (κ3) is 6.88. The topological polar surface area (TPSA) is 159 Å².